The summed E-state index contributed by atoms with van der Waals surface area (Å²) < 4.78 is 18.6. The van der Waals surface area contributed by atoms with Crippen molar-refractivity contribution in [3.8, 4) is 0 Å². The van der Waals surface area contributed by atoms with Crippen molar-refractivity contribution in [2.75, 3.05) is 6.54 Å². The van der Waals surface area contributed by atoms with Gasteiger partial charge in [0.2, 0.25) is 0 Å². The molecular weight excluding hydrogens is 285 g/mol. The molecule has 5 rings (SSSR count). The van der Waals surface area contributed by atoms with Crippen molar-refractivity contribution in [1.29, 1.82) is 0 Å². The topological polar surface area (TPSA) is 53.7 Å². The van der Waals surface area contributed by atoms with Crippen molar-refractivity contribution in [2.24, 2.45) is 17.8 Å². The van der Waals surface area contributed by atoms with Gasteiger partial charge in [-0.2, -0.15) is 0 Å². The van der Waals surface area contributed by atoms with E-state index >= 15 is 0 Å². The van der Waals surface area contributed by atoms with Gasteiger partial charge in [0.05, 0.1) is 17.7 Å². The minimum atomic E-state index is -0.400. The third kappa shape index (κ3) is 1.47. The Morgan fingerprint density at radius 1 is 1.32 bits per heavy atom. The number of carbonyl (C=O) groups excluding carboxylic acids is 1. The molecule has 2 aromatic rings. The average Bonchev–Trinajstić information content (AvgIpc) is 3.19. The first-order valence-corrected chi connectivity index (χ1v) is 7.79. The fourth-order valence-electron chi connectivity index (χ4n) is 4.97. The Morgan fingerprint density at radius 3 is 3.00 bits per heavy atom. The van der Waals surface area contributed by atoms with Crippen molar-refractivity contribution in [3.63, 3.8) is 0 Å². The summed E-state index contributed by atoms with van der Waals surface area (Å²) in [5.74, 6) is 0.837. The Morgan fingerprint density at radius 2 is 2.18 bits per heavy atom. The van der Waals surface area contributed by atoms with Gasteiger partial charge in [-0.1, -0.05) is 0 Å². The van der Waals surface area contributed by atoms with Crippen LogP contribution in [-0.2, 0) is 0 Å². The summed E-state index contributed by atoms with van der Waals surface area (Å²) in [6.45, 7) is 0.718. The molecule has 2 saturated carbocycles. The zero-order valence-corrected chi connectivity index (χ0v) is 11.9. The number of furan rings is 1. The molecule has 1 aromatic heterocycles. The first-order chi connectivity index (χ1) is 10.6. The van der Waals surface area contributed by atoms with Crippen LogP contribution in [0.4, 0.5) is 4.39 Å². The maximum absolute atomic E-state index is 13.2. The van der Waals surface area contributed by atoms with Crippen LogP contribution < -0.4 is 0 Å². The summed E-state index contributed by atoms with van der Waals surface area (Å²) in [5.41, 5.74) is 0.849. The standard InChI is InChI=1S/C17H16FNO3/c18-10-1-2-11-13(7-22-14(11)5-10)17(21)19-6-9-3-8-4-12(9)15(19)16(8)20/h1-2,5,7-9,12,15-16,20H,3-4,6H2. The number of hydrogen-bond donors (Lipinski definition) is 1. The smallest absolute Gasteiger partial charge is 0.258 e. The first-order valence-electron chi connectivity index (χ1n) is 7.79. The minimum Gasteiger partial charge on any atom is -0.463 e. The highest BCUT2D eigenvalue weighted by molar-refractivity contribution is 6.06. The fraction of sp³-hybridized carbons (Fsp3) is 0.471. The number of halogens is 1. The Labute approximate surface area is 126 Å². The average molecular weight is 301 g/mol. The maximum Gasteiger partial charge on any atom is 0.258 e. The summed E-state index contributed by atoms with van der Waals surface area (Å²) >= 11 is 0. The number of rotatable bonds is 1. The molecule has 5 atom stereocenters. The van der Waals surface area contributed by atoms with Gasteiger partial charge < -0.3 is 14.4 Å². The van der Waals surface area contributed by atoms with Gasteiger partial charge >= 0.3 is 0 Å². The van der Waals surface area contributed by atoms with E-state index in [9.17, 15) is 14.3 Å². The SMILES string of the molecule is O=C(c1coc2cc(F)ccc12)N1CC2CC3CC2C1C3O. The molecular formula is C17H16FNO3. The monoisotopic (exact) mass is 301 g/mol. The first kappa shape index (κ1) is 12.6. The fourth-order valence-corrected chi connectivity index (χ4v) is 4.97. The second kappa shape index (κ2) is 4.10. The molecule has 1 aromatic carbocycles. The van der Waals surface area contributed by atoms with Crippen LogP contribution in [0.15, 0.2) is 28.9 Å². The number of nitrogens with zero attached hydrogens (tertiary/aromatic N) is 1. The molecule has 2 bridgehead atoms. The Kier molecular flexibility index (Phi) is 2.36. The van der Waals surface area contributed by atoms with Crippen molar-refractivity contribution in [1.82, 2.24) is 4.90 Å². The molecule has 3 fully saturated rings. The number of likely N-dealkylation sites (tertiary alicyclic amines) is 1. The number of amides is 1. The number of aliphatic hydroxyl groups is 1. The summed E-state index contributed by atoms with van der Waals surface area (Å²) in [6, 6.07) is 4.16. The van der Waals surface area contributed by atoms with E-state index in [0.29, 0.717) is 34.3 Å². The molecule has 1 amide bonds. The second-order valence-electron chi connectivity index (χ2n) is 6.88. The van der Waals surface area contributed by atoms with E-state index in [1.54, 1.807) is 6.07 Å². The quantitative estimate of drug-likeness (QED) is 0.880. The van der Waals surface area contributed by atoms with E-state index in [1.165, 1.54) is 18.4 Å². The van der Waals surface area contributed by atoms with E-state index in [0.717, 1.165) is 19.4 Å². The van der Waals surface area contributed by atoms with E-state index < -0.39 is 6.10 Å². The third-order valence-corrected chi connectivity index (χ3v) is 5.88. The van der Waals surface area contributed by atoms with E-state index in [4.69, 9.17) is 4.42 Å². The highest BCUT2D eigenvalue weighted by Crippen LogP contribution is 2.55. The number of aliphatic hydroxyl groups excluding tert-OH is 1. The molecule has 3 aliphatic rings. The van der Waals surface area contributed by atoms with Crippen molar-refractivity contribution in [3.05, 3.63) is 35.8 Å². The van der Waals surface area contributed by atoms with Crippen LogP contribution in [0.1, 0.15) is 23.2 Å². The van der Waals surface area contributed by atoms with Gasteiger partial charge in [-0.05, 0) is 42.7 Å². The Hall–Kier alpha value is -1.88. The molecule has 1 aliphatic heterocycles. The Balaban J connectivity index is 1.54. The van der Waals surface area contributed by atoms with Crippen LogP contribution in [0.5, 0.6) is 0 Å². The predicted octanol–water partition coefficient (Wildman–Crippen LogP) is 2.41. The predicted molar refractivity (Wildman–Crippen MR) is 76.7 cm³/mol. The second-order valence-corrected chi connectivity index (χ2v) is 6.88. The normalized spacial score (nSPS) is 35.7. The van der Waals surface area contributed by atoms with Crippen LogP contribution in [0.2, 0.25) is 0 Å². The van der Waals surface area contributed by atoms with Crippen LogP contribution in [0, 0.1) is 23.6 Å². The van der Waals surface area contributed by atoms with Crippen LogP contribution in [0.3, 0.4) is 0 Å². The largest absolute Gasteiger partial charge is 0.463 e. The van der Waals surface area contributed by atoms with Gasteiger partial charge in [-0.3, -0.25) is 4.79 Å². The molecule has 5 heteroatoms. The lowest BCUT2D eigenvalue weighted by atomic mass is 9.88. The Bertz CT molecular complexity index is 783. The number of hydrogen-bond acceptors (Lipinski definition) is 3. The van der Waals surface area contributed by atoms with Crippen molar-refractivity contribution >= 4 is 16.9 Å². The molecule has 2 aliphatic carbocycles. The molecule has 0 spiro atoms. The maximum atomic E-state index is 13.2. The van der Waals surface area contributed by atoms with Crippen molar-refractivity contribution in [2.45, 2.75) is 25.0 Å². The number of carbonyl (C=O) groups is 1. The molecule has 0 radical (unpaired) electrons. The molecule has 5 unspecified atom stereocenters. The lowest BCUT2D eigenvalue weighted by molar-refractivity contribution is 0.0402. The summed E-state index contributed by atoms with van der Waals surface area (Å²) in [7, 11) is 0. The van der Waals surface area contributed by atoms with Gasteiger partial charge in [-0.25, -0.2) is 4.39 Å². The number of fused-ring (bicyclic) bond motifs is 2. The van der Waals surface area contributed by atoms with E-state index in [-0.39, 0.29) is 17.8 Å². The highest BCUT2D eigenvalue weighted by Gasteiger charge is 2.60. The minimum absolute atomic E-state index is 0.0540. The summed E-state index contributed by atoms with van der Waals surface area (Å²) in [6.07, 6.45) is 3.08. The lowest BCUT2D eigenvalue weighted by Gasteiger charge is -2.28. The van der Waals surface area contributed by atoms with Gasteiger partial charge in [0, 0.05) is 18.0 Å². The highest BCUT2D eigenvalue weighted by atomic mass is 19.1. The van der Waals surface area contributed by atoms with Gasteiger partial charge in [0.15, 0.2) is 0 Å². The molecule has 1 saturated heterocycles. The molecule has 4 nitrogen and oxygen atoms in total. The number of benzene rings is 1. The molecule has 22 heavy (non-hydrogen) atoms. The third-order valence-electron chi connectivity index (χ3n) is 5.88. The van der Waals surface area contributed by atoms with Gasteiger partial charge in [-0.15, -0.1) is 0 Å². The lowest BCUT2D eigenvalue weighted by Crippen LogP contribution is -2.43. The molecule has 114 valence electrons. The van der Waals surface area contributed by atoms with Crippen LogP contribution in [-0.4, -0.2) is 34.6 Å². The molecule has 1 N–H and O–H groups in total. The van der Waals surface area contributed by atoms with E-state index in [2.05, 4.69) is 0 Å². The van der Waals surface area contributed by atoms with Gasteiger partial charge in [0.1, 0.15) is 17.7 Å². The summed E-state index contributed by atoms with van der Waals surface area (Å²) in [4.78, 5) is 14.7. The zero-order chi connectivity index (χ0) is 15.0. The van der Waals surface area contributed by atoms with Crippen LogP contribution in [0.25, 0.3) is 11.0 Å². The van der Waals surface area contributed by atoms with E-state index in [1.807, 2.05) is 4.90 Å². The van der Waals surface area contributed by atoms with Gasteiger partial charge in [0.25, 0.3) is 5.91 Å². The zero-order valence-electron chi connectivity index (χ0n) is 11.9. The summed E-state index contributed by atoms with van der Waals surface area (Å²) in [5, 5.41) is 11.0. The molecule has 2 heterocycles. The van der Waals surface area contributed by atoms with Crippen molar-refractivity contribution < 1.29 is 18.7 Å². The van der Waals surface area contributed by atoms with Crippen LogP contribution >= 0.6 is 0 Å².